The Morgan fingerprint density at radius 1 is 1.29 bits per heavy atom. The van der Waals surface area contributed by atoms with Gasteiger partial charge in [-0.05, 0) is 49.6 Å². The van der Waals surface area contributed by atoms with Gasteiger partial charge in [-0.2, -0.15) is 0 Å². The molecule has 14 heavy (non-hydrogen) atoms. The summed E-state index contributed by atoms with van der Waals surface area (Å²) in [6.45, 7) is 5.44. The summed E-state index contributed by atoms with van der Waals surface area (Å²) >= 11 is 0. The third-order valence-corrected chi connectivity index (χ3v) is 3.20. The largest absolute Gasteiger partial charge is 0.496 e. The second kappa shape index (κ2) is 3.62. The Morgan fingerprint density at radius 2 is 2.00 bits per heavy atom. The minimum absolute atomic E-state index is 0.569. The van der Waals surface area contributed by atoms with Crippen molar-refractivity contribution in [3.05, 3.63) is 28.8 Å². The standard InChI is InChI=1S/C12H17NO/c1-8-9(2)12(14-3)5-4-10(8)11-6-7-13-11/h4-5,11,13H,6-7H2,1-3H3/t11-/m0/s1. The van der Waals surface area contributed by atoms with Gasteiger partial charge in [-0.1, -0.05) is 6.07 Å². The normalized spacial score (nSPS) is 20.4. The lowest BCUT2D eigenvalue weighted by atomic mass is 9.91. The number of methoxy groups -OCH3 is 1. The molecule has 0 amide bonds. The molecule has 1 aliphatic rings. The van der Waals surface area contributed by atoms with Crippen LogP contribution in [0.2, 0.25) is 0 Å². The third-order valence-electron chi connectivity index (χ3n) is 3.20. The van der Waals surface area contributed by atoms with Crippen molar-refractivity contribution in [1.82, 2.24) is 5.32 Å². The van der Waals surface area contributed by atoms with E-state index in [1.807, 2.05) is 0 Å². The lowest BCUT2D eigenvalue weighted by molar-refractivity contribution is 0.379. The highest BCUT2D eigenvalue weighted by molar-refractivity contribution is 5.45. The van der Waals surface area contributed by atoms with Crippen molar-refractivity contribution in [3.8, 4) is 5.75 Å². The van der Waals surface area contributed by atoms with Crippen molar-refractivity contribution in [2.45, 2.75) is 26.3 Å². The van der Waals surface area contributed by atoms with E-state index >= 15 is 0 Å². The molecule has 2 heteroatoms. The minimum Gasteiger partial charge on any atom is -0.496 e. The predicted octanol–water partition coefficient (Wildman–Crippen LogP) is 2.35. The second-order valence-electron chi connectivity index (χ2n) is 3.90. The maximum absolute atomic E-state index is 5.29. The van der Waals surface area contributed by atoms with Crippen molar-refractivity contribution in [1.29, 1.82) is 0 Å². The highest BCUT2D eigenvalue weighted by Gasteiger charge is 2.21. The van der Waals surface area contributed by atoms with Gasteiger partial charge in [-0.3, -0.25) is 0 Å². The van der Waals surface area contributed by atoms with E-state index in [1.165, 1.54) is 23.1 Å². The molecule has 2 rings (SSSR count). The lowest BCUT2D eigenvalue weighted by Crippen LogP contribution is -2.35. The molecule has 1 aromatic rings. The molecule has 1 N–H and O–H groups in total. The first kappa shape index (κ1) is 9.53. The SMILES string of the molecule is COc1ccc([C@@H]2CCN2)c(C)c1C. The summed E-state index contributed by atoms with van der Waals surface area (Å²) in [5.41, 5.74) is 4.05. The quantitative estimate of drug-likeness (QED) is 0.774. The summed E-state index contributed by atoms with van der Waals surface area (Å²) < 4.78 is 5.29. The maximum Gasteiger partial charge on any atom is 0.122 e. The van der Waals surface area contributed by atoms with Gasteiger partial charge in [-0.25, -0.2) is 0 Å². The molecule has 0 bridgehead atoms. The van der Waals surface area contributed by atoms with Crippen molar-refractivity contribution < 1.29 is 4.74 Å². The first-order valence-electron chi connectivity index (χ1n) is 5.11. The van der Waals surface area contributed by atoms with Gasteiger partial charge in [0, 0.05) is 6.04 Å². The summed E-state index contributed by atoms with van der Waals surface area (Å²) in [5, 5.41) is 3.43. The Kier molecular flexibility index (Phi) is 2.46. The molecule has 76 valence electrons. The van der Waals surface area contributed by atoms with Crippen LogP contribution in [0.1, 0.15) is 29.2 Å². The smallest absolute Gasteiger partial charge is 0.122 e. The molecule has 0 radical (unpaired) electrons. The van der Waals surface area contributed by atoms with E-state index in [1.54, 1.807) is 7.11 Å². The molecule has 0 saturated carbocycles. The van der Waals surface area contributed by atoms with E-state index in [-0.39, 0.29) is 0 Å². The fourth-order valence-corrected chi connectivity index (χ4v) is 1.97. The van der Waals surface area contributed by atoms with E-state index in [0.29, 0.717) is 6.04 Å². The molecular weight excluding hydrogens is 174 g/mol. The summed E-state index contributed by atoms with van der Waals surface area (Å²) in [7, 11) is 1.73. The summed E-state index contributed by atoms with van der Waals surface area (Å²) in [4.78, 5) is 0. The summed E-state index contributed by atoms with van der Waals surface area (Å²) in [6.07, 6.45) is 1.26. The van der Waals surface area contributed by atoms with Gasteiger partial charge < -0.3 is 10.1 Å². The molecule has 1 saturated heterocycles. The van der Waals surface area contributed by atoms with E-state index in [4.69, 9.17) is 4.74 Å². The Labute approximate surface area is 85.3 Å². The molecule has 1 aliphatic heterocycles. The second-order valence-corrected chi connectivity index (χ2v) is 3.90. The van der Waals surface area contributed by atoms with Crippen LogP contribution in [0.5, 0.6) is 5.75 Å². The van der Waals surface area contributed by atoms with Gasteiger partial charge in [0.05, 0.1) is 7.11 Å². The molecule has 1 heterocycles. The average molecular weight is 191 g/mol. The lowest BCUT2D eigenvalue weighted by Gasteiger charge is -2.30. The number of nitrogens with one attached hydrogen (secondary N) is 1. The first-order chi connectivity index (χ1) is 6.74. The number of ether oxygens (including phenoxy) is 1. The van der Waals surface area contributed by atoms with Gasteiger partial charge in [-0.15, -0.1) is 0 Å². The Bertz CT molecular complexity index is 342. The van der Waals surface area contributed by atoms with Crippen molar-refractivity contribution in [3.63, 3.8) is 0 Å². The van der Waals surface area contributed by atoms with Crippen LogP contribution in [0, 0.1) is 13.8 Å². The highest BCUT2D eigenvalue weighted by Crippen LogP contribution is 2.31. The molecule has 2 nitrogen and oxygen atoms in total. The zero-order valence-corrected chi connectivity index (χ0v) is 9.05. The number of hydrogen-bond donors (Lipinski definition) is 1. The van der Waals surface area contributed by atoms with Crippen LogP contribution in [-0.2, 0) is 0 Å². The monoisotopic (exact) mass is 191 g/mol. The molecular formula is C12H17NO. The molecule has 0 aromatic heterocycles. The fraction of sp³-hybridized carbons (Fsp3) is 0.500. The molecule has 1 aromatic carbocycles. The summed E-state index contributed by atoms with van der Waals surface area (Å²) in [5.74, 6) is 0.991. The zero-order chi connectivity index (χ0) is 10.1. The Balaban J connectivity index is 2.38. The van der Waals surface area contributed by atoms with Crippen LogP contribution in [0.15, 0.2) is 12.1 Å². The van der Waals surface area contributed by atoms with Crippen LogP contribution in [0.25, 0.3) is 0 Å². The van der Waals surface area contributed by atoms with E-state index in [2.05, 4.69) is 31.3 Å². The molecule has 0 unspecified atom stereocenters. The number of benzene rings is 1. The van der Waals surface area contributed by atoms with Crippen molar-refractivity contribution in [2.24, 2.45) is 0 Å². The number of hydrogen-bond acceptors (Lipinski definition) is 2. The van der Waals surface area contributed by atoms with Crippen LogP contribution < -0.4 is 10.1 Å². The van der Waals surface area contributed by atoms with Gasteiger partial charge in [0.1, 0.15) is 5.75 Å². The first-order valence-corrected chi connectivity index (χ1v) is 5.11. The maximum atomic E-state index is 5.29. The zero-order valence-electron chi connectivity index (χ0n) is 9.05. The van der Waals surface area contributed by atoms with E-state index in [9.17, 15) is 0 Å². The summed E-state index contributed by atoms with van der Waals surface area (Å²) in [6, 6.07) is 4.81. The van der Waals surface area contributed by atoms with Gasteiger partial charge in [0.25, 0.3) is 0 Å². The minimum atomic E-state index is 0.569. The molecule has 0 aliphatic carbocycles. The molecule has 1 fully saturated rings. The number of rotatable bonds is 2. The van der Waals surface area contributed by atoms with Gasteiger partial charge in [0.2, 0.25) is 0 Å². The van der Waals surface area contributed by atoms with Crippen LogP contribution in [-0.4, -0.2) is 13.7 Å². The van der Waals surface area contributed by atoms with Crippen molar-refractivity contribution in [2.75, 3.05) is 13.7 Å². The van der Waals surface area contributed by atoms with Gasteiger partial charge >= 0.3 is 0 Å². The topological polar surface area (TPSA) is 21.3 Å². The molecule has 0 spiro atoms. The van der Waals surface area contributed by atoms with E-state index in [0.717, 1.165) is 12.3 Å². The van der Waals surface area contributed by atoms with Crippen LogP contribution in [0.4, 0.5) is 0 Å². The highest BCUT2D eigenvalue weighted by atomic mass is 16.5. The predicted molar refractivity (Wildman–Crippen MR) is 57.8 cm³/mol. The molecule has 1 atom stereocenters. The fourth-order valence-electron chi connectivity index (χ4n) is 1.97. The Morgan fingerprint density at radius 3 is 2.50 bits per heavy atom. The van der Waals surface area contributed by atoms with E-state index < -0.39 is 0 Å². The van der Waals surface area contributed by atoms with Crippen molar-refractivity contribution >= 4 is 0 Å². The average Bonchev–Trinajstić information content (AvgIpc) is 2.10. The van der Waals surface area contributed by atoms with Gasteiger partial charge in [0.15, 0.2) is 0 Å². The van der Waals surface area contributed by atoms with Crippen LogP contribution in [0.3, 0.4) is 0 Å². The Hall–Kier alpha value is -1.02. The van der Waals surface area contributed by atoms with Crippen LogP contribution >= 0.6 is 0 Å². The third kappa shape index (κ3) is 1.40.